The molecule has 0 bridgehead atoms. The lowest BCUT2D eigenvalue weighted by Gasteiger charge is -2.12. The molecule has 1 N–H and O–H groups in total. The highest BCUT2D eigenvalue weighted by atomic mass is 16.5. The topological polar surface area (TPSA) is 84.2 Å². The van der Waals surface area contributed by atoms with Crippen LogP contribution in [-0.4, -0.2) is 24.1 Å². The average molecular weight is 347 g/mol. The number of fused-ring (bicyclic) bond motifs is 1. The fraction of sp³-hybridized carbons (Fsp3) is 0.150. The third-order valence-electron chi connectivity index (χ3n) is 3.60. The van der Waals surface area contributed by atoms with Crippen molar-refractivity contribution in [1.29, 1.82) is 5.26 Å². The number of nitrogens with one attached hydrogen (secondary N) is 1. The molecule has 3 aromatic rings. The summed E-state index contributed by atoms with van der Waals surface area (Å²) in [5.41, 5.74) is 1.27. The van der Waals surface area contributed by atoms with Crippen molar-refractivity contribution in [1.82, 2.24) is 4.98 Å². The second-order valence-electron chi connectivity index (χ2n) is 5.43. The predicted octanol–water partition coefficient (Wildman–Crippen LogP) is 3.52. The number of amides is 1. The van der Waals surface area contributed by atoms with Crippen LogP contribution in [0.15, 0.2) is 54.6 Å². The molecule has 0 aliphatic heterocycles. The van der Waals surface area contributed by atoms with Crippen LogP contribution in [0.5, 0.6) is 11.5 Å². The molecule has 130 valence electrons. The average Bonchev–Trinajstić information content (AvgIpc) is 2.67. The van der Waals surface area contributed by atoms with Crippen LogP contribution in [0.2, 0.25) is 0 Å². The SMILES string of the molecule is CCOc1cc(C#N)ccc1OCC(=O)Nc1ccc2ccccc2n1. The van der Waals surface area contributed by atoms with Gasteiger partial charge in [0.1, 0.15) is 5.82 Å². The normalized spacial score (nSPS) is 10.2. The number of nitriles is 1. The molecule has 26 heavy (non-hydrogen) atoms. The van der Waals surface area contributed by atoms with E-state index >= 15 is 0 Å². The van der Waals surface area contributed by atoms with E-state index in [9.17, 15) is 4.79 Å². The van der Waals surface area contributed by atoms with Crippen molar-refractivity contribution in [3.63, 3.8) is 0 Å². The molecule has 0 saturated carbocycles. The Labute approximate surface area is 151 Å². The summed E-state index contributed by atoms with van der Waals surface area (Å²) in [5.74, 6) is 0.970. The molecule has 0 radical (unpaired) electrons. The van der Waals surface area contributed by atoms with Gasteiger partial charge in [-0.3, -0.25) is 4.79 Å². The fourth-order valence-corrected chi connectivity index (χ4v) is 2.42. The zero-order valence-electron chi connectivity index (χ0n) is 14.2. The Bertz CT molecular complexity index is 979. The molecule has 2 aromatic carbocycles. The zero-order chi connectivity index (χ0) is 18.4. The van der Waals surface area contributed by atoms with Crippen LogP contribution in [0.25, 0.3) is 10.9 Å². The Morgan fingerprint density at radius 1 is 1.12 bits per heavy atom. The lowest BCUT2D eigenvalue weighted by molar-refractivity contribution is -0.118. The smallest absolute Gasteiger partial charge is 0.263 e. The van der Waals surface area contributed by atoms with Gasteiger partial charge in [-0.05, 0) is 37.3 Å². The van der Waals surface area contributed by atoms with Crippen LogP contribution < -0.4 is 14.8 Å². The molecular weight excluding hydrogens is 330 g/mol. The second-order valence-corrected chi connectivity index (χ2v) is 5.43. The lowest BCUT2D eigenvalue weighted by Crippen LogP contribution is -2.21. The molecule has 6 nitrogen and oxygen atoms in total. The molecule has 0 fully saturated rings. The number of para-hydroxylation sites is 1. The maximum atomic E-state index is 12.1. The van der Waals surface area contributed by atoms with Gasteiger partial charge in [0.25, 0.3) is 5.91 Å². The van der Waals surface area contributed by atoms with Crippen LogP contribution in [0.3, 0.4) is 0 Å². The minimum absolute atomic E-state index is 0.194. The second kappa shape index (κ2) is 7.99. The van der Waals surface area contributed by atoms with E-state index in [4.69, 9.17) is 14.7 Å². The number of hydrogen-bond acceptors (Lipinski definition) is 5. The first-order valence-corrected chi connectivity index (χ1v) is 8.15. The Kier molecular flexibility index (Phi) is 5.30. The van der Waals surface area contributed by atoms with Gasteiger partial charge in [-0.25, -0.2) is 4.98 Å². The third kappa shape index (κ3) is 4.08. The Morgan fingerprint density at radius 3 is 2.77 bits per heavy atom. The van der Waals surface area contributed by atoms with Crippen molar-refractivity contribution in [2.24, 2.45) is 0 Å². The monoisotopic (exact) mass is 347 g/mol. The van der Waals surface area contributed by atoms with Crippen molar-refractivity contribution < 1.29 is 14.3 Å². The van der Waals surface area contributed by atoms with Gasteiger partial charge >= 0.3 is 0 Å². The van der Waals surface area contributed by atoms with Crippen LogP contribution in [0.1, 0.15) is 12.5 Å². The largest absolute Gasteiger partial charge is 0.490 e. The molecular formula is C20H17N3O3. The van der Waals surface area contributed by atoms with Gasteiger partial charge < -0.3 is 14.8 Å². The summed E-state index contributed by atoms with van der Waals surface area (Å²) in [6.45, 7) is 2.07. The van der Waals surface area contributed by atoms with Gasteiger partial charge in [0.15, 0.2) is 18.1 Å². The minimum atomic E-state index is -0.334. The highest BCUT2D eigenvalue weighted by Crippen LogP contribution is 2.28. The van der Waals surface area contributed by atoms with E-state index in [1.807, 2.05) is 43.3 Å². The molecule has 1 amide bonds. The van der Waals surface area contributed by atoms with E-state index < -0.39 is 0 Å². The number of hydrogen-bond donors (Lipinski definition) is 1. The summed E-state index contributed by atoms with van der Waals surface area (Å²) in [6.07, 6.45) is 0. The first-order valence-electron chi connectivity index (χ1n) is 8.15. The molecule has 6 heteroatoms. The van der Waals surface area contributed by atoms with Gasteiger partial charge in [-0.1, -0.05) is 18.2 Å². The maximum Gasteiger partial charge on any atom is 0.263 e. The van der Waals surface area contributed by atoms with Gasteiger partial charge in [0.2, 0.25) is 0 Å². The molecule has 0 atom stereocenters. The van der Waals surface area contributed by atoms with E-state index in [2.05, 4.69) is 10.3 Å². The highest BCUT2D eigenvalue weighted by Gasteiger charge is 2.10. The minimum Gasteiger partial charge on any atom is -0.490 e. The number of anilines is 1. The predicted molar refractivity (Wildman–Crippen MR) is 98.2 cm³/mol. The van der Waals surface area contributed by atoms with Gasteiger partial charge in [0, 0.05) is 11.5 Å². The van der Waals surface area contributed by atoms with Crippen molar-refractivity contribution >= 4 is 22.6 Å². The number of carbonyl (C=O) groups is 1. The number of aromatic nitrogens is 1. The Morgan fingerprint density at radius 2 is 1.96 bits per heavy atom. The first kappa shape index (κ1) is 17.2. The van der Waals surface area contributed by atoms with Gasteiger partial charge in [-0.15, -0.1) is 0 Å². The third-order valence-corrected chi connectivity index (χ3v) is 3.60. The van der Waals surface area contributed by atoms with Crippen LogP contribution in [0, 0.1) is 11.3 Å². The van der Waals surface area contributed by atoms with Crippen LogP contribution in [-0.2, 0) is 4.79 Å². The molecule has 0 unspecified atom stereocenters. The number of pyridine rings is 1. The molecule has 0 saturated heterocycles. The summed E-state index contributed by atoms with van der Waals surface area (Å²) in [7, 11) is 0. The Hall–Kier alpha value is -3.59. The van der Waals surface area contributed by atoms with Gasteiger partial charge in [-0.2, -0.15) is 5.26 Å². The van der Waals surface area contributed by atoms with Crippen molar-refractivity contribution in [3.05, 3.63) is 60.2 Å². The van der Waals surface area contributed by atoms with E-state index in [1.165, 1.54) is 0 Å². The zero-order valence-corrected chi connectivity index (χ0v) is 14.2. The van der Waals surface area contributed by atoms with Crippen molar-refractivity contribution in [2.75, 3.05) is 18.5 Å². The van der Waals surface area contributed by atoms with Crippen LogP contribution >= 0.6 is 0 Å². The summed E-state index contributed by atoms with van der Waals surface area (Å²) < 4.78 is 11.0. The highest BCUT2D eigenvalue weighted by molar-refractivity contribution is 5.92. The standard InChI is InChI=1S/C20H17N3O3/c1-2-25-18-11-14(12-21)7-9-17(18)26-13-20(24)23-19-10-8-15-5-3-4-6-16(15)22-19/h3-11H,2,13H2,1H3,(H,22,23,24). The lowest BCUT2D eigenvalue weighted by atomic mass is 10.2. The quantitative estimate of drug-likeness (QED) is 0.737. The van der Waals surface area contributed by atoms with Crippen molar-refractivity contribution in [3.8, 4) is 17.6 Å². The number of rotatable bonds is 6. The molecule has 1 heterocycles. The molecule has 3 rings (SSSR count). The van der Waals surface area contributed by atoms with E-state index in [0.717, 1.165) is 10.9 Å². The number of benzene rings is 2. The van der Waals surface area contributed by atoms with E-state index in [0.29, 0.717) is 29.5 Å². The first-order chi connectivity index (χ1) is 12.7. The maximum absolute atomic E-state index is 12.1. The van der Waals surface area contributed by atoms with E-state index in [-0.39, 0.29) is 12.5 Å². The van der Waals surface area contributed by atoms with Crippen LogP contribution in [0.4, 0.5) is 5.82 Å². The summed E-state index contributed by atoms with van der Waals surface area (Å²) in [5, 5.41) is 12.7. The van der Waals surface area contributed by atoms with Gasteiger partial charge in [0.05, 0.1) is 23.8 Å². The summed E-state index contributed by atoms with van der Waals surface area (Å²) >= 11 is 0. The molecule has 0 spiro atoms. The summed E-state index contributed by atoms with van der Waals surface area (Å²) in [6, 6.07) is 18.2. The van der Waals surface area contributed by atoms with Crippen molar-refractivity contribution in [2.45, 2.75) is 6.92 Å². The Balaban J connectivity index is 1.65. The molecule has 1 aromatic heterocycles. The van der Waals surface area contributed by atoms with E-state index in [1.54, 1.807) is 24.3 Å². The number of nitrogens with zero attached hydrogens (tertiary/aromatic N) is 2. The fourth-order valence-electron chi connectivity index (χ4n) is 2.42. The number of carbonyl (C=O) groups excluding carboxylic acids is 1. The molecule has 0 aliphatic rings. The number of ether oxygens (including phenoxy) is 2. The summed E-state index contributed by atoms with van der Waals surface area (Å²) in [4.78, 5) is 16.5. The molecule has 0 aliphatic carbocycles.